The molecule has 1 N–H and O–H groups in total. The van der Waals surface area contributed by atoms with Crippen LogP contribution >= 0.6 is 12.2 Å². The van der Waals surface area contributed by atoms with Gasteiger partial charge in [0.1, 0.15) is 11.6 Å². The molecule has 27 heavy (non-hydrogen) atoms. The molecule has 146 valence electrons. The Kier molecular flexibility index (Phi) is 4.59. The molecule has 1 heterocycles. The summed E-state index contributed by atoms with van der Waals surface area (Å²) in [5, 5.41) is 3.48. The zero-order chi connectivity index (χ0) is 18.5. The highest BCUT2D eigenvalue weighted by atomic mass is 32.1. The highest BCUT2D eigenvalue weighted by molar-refractivity contribution is 7.80. The standard InChI is InChI=1S/C21H27F2N3S/c22-17-1-2-19(18(23)12-17)24-21(27)26-5-3-25(4-6-26)20-15-8-13-7-14(10-15)11-16(20)9-13/h1-2,12-16,20H,3-11H2,(H,24,27). The molecule has 6 rings (SSSR count). The van der Waals surface area contributed by atoms with Crippen molar-refractivity contribution >= 4 is 23.0 Å². The van der Waals surface area contributed by atoms with Crippen LogP contribution in [0.2, 0.25) is 0 Å². The Bertz CT molecular complexity index is 704. The molecule has 0 radical (unpaired) electrons. The van der Waals surface area contributed by atoms with Gasteiger partial charge in [-0.25, -0.2) is 8.78 Å². The minimum atomic E-state index is -0.607. The molecule has 0 unspecified atom stereocenters. The van der Waals surface area contributed by atoms with Crippen LogP contribution in [0.5, 0.6) is 0 Å². The number of hydrogen-bond donors (Lipinski definition) is 1. The Morgan fingerprint density at radius 1 is 0.926 bits per heavy atom. The Morgan fingerprint density at radius 3 is 2.15 bits per heavy atom. The largest absolute Gasteiger partial charge is 0.346 e. The number of anilines is 1. The predicted octanol–water partition coefficient (Wildman–Crippen LogP) is 4.10. The van der Waals surface area contributed by atoms with Crippen LogP contribution in [-0.4, -0.2) is 47.1 Å². The third kappa shape index (κ3) is 3.35. The van der Waals surface area contributed by atoms with Crippen molar-refractivity contribution in [1.29, 1.82) is 0 Å². The first-order chi connectivity index (χ1) is 13.1. The molecule has 0 atom stereocenters. The third-order valence-corrected chi connectivity index (χ3v) is 7.73. The van der Waals surface area contributed by atoms with Gasteiger partial charge in [0.15, 0.2) is 5.11 Å². The molecule has 6 heteroatoms. The van der Waals surface area contributed by atoms with Gasteiger partial charge < -0.3 is 10.2 Å². The average molecular weight is 392 g/mol. The highest BCUT2D eigenvalue weighted by Gasteiger charge is 2.50. The van der Waals surface area contributed by atoms with E-state index in [2.05, 4.69) is 15.1 Å². The fourth-order valence-electron chi connectivity index (χ4n) is 6.50. The molecule has 5 fully saturated rings. The molecule has 4 saturated carbocycles. The maximum atomic E-state index is 13.9. The molecule has 4 aliphatic carbocycles. The summed E-state index contributed by atoms with van der Waals surface area (Å²) in [6.45, 7) is 3.80. The fraction of sp³-hybridized carbons (Fsp3) is 0.667. The summed E-state index contributed by atoms with van der Waals surface area (Å²) in [5.41, 5.74) is 0.241. The lowest BCUT2D eigenvalue weighted by molar-refractivity contribution is -0.0726. The first kappa shape index (κ1) is 17.8. The Balaban J connectivity index is 1.19. The summed E-state index contributed by atoms with van der Waals surface area (Å²) in [5.74, 6) is 2.65. The second-order valence-electron chi connectivity index (χ2n) is 9.00. The monoisotopic (exact) mass is 391 g/mol. The Hall–Kier alpha value is -1.27. The van der Waals surface area contributed by atoms with Gasteiger partial charge in [-0.3, -0.25) is 4.90 Å². The summed E-state index contributed by atoms with van der Waals surface area (Å²) >= 11 is 5.48. The SMILES string of the molecule is Fc1ccc(NC(=S)N2CCN(C3C4CC5CC(C4)CC3C5)CC2)c(F)c1. The predicted molar refractivity (Wildman–Crippen MR) is 107 cm³/mol. The van der Waals surface area contributed by atoms with Gasteiger partial charge in [-0.2, -0.15) is 0 Å². The van der Waals surface area contributed by atoms with Gasteiger partial charge in [-0.1, -0.05) is 0 Å². The van der Waals surface area contributed by atoms with Gasteiger partial charge in [-0.05, 0) is 80.1 Å². The molecular formula is C21H27F2N3S. The molecule has 4 bridgehead atoms. The molecular weight excluding hydrogens is 364 g/mol. The zero-order valence-corrected chi connectivity index (χ0v) is 16.4. The molecule has 1 aromatic rings. The van der Waals surface area contributed by atoms with Crippen molar-refractivity contribution in [2.45, 2.75) is 38.1 Å². The lowest BCUT2D eigenvalue weighted by Crippen LogP contribution is -2.60. The van der Waals surface area contributed by atoms with E-state index in [9.17, 15) is 8.78 Å². The van der Waals surface area contributed by atoms with Crippen LogP contribution < -0.4 is 5.32 Å². The van der Waals surface area contributed by atoms with Crippen LogP contribution in [0.4, 0.5) is 14.5 Å². The first-order valence-corrected chi connectivity index (χ1v) is 10.7. The van der Waals surface area contributed by atoms with Crippen molar-refractivity contribution in [3.05, 3.63) is 29.8 Å². The van der Waals surface area contributed by atoms with Crippen molar-refractivity contribution in [2.24, 2.45) is 23.7 Å². The number of hydrogen-bond acceptors (Lipinski definition) is 2. The quantitative estimate of drug-likeness (QED) is 0.765. The topological polar surface area (TPSA) is 18.5 Å². The lowest BCUT2D eigenvalue weighted by atomic mass is 9.54. The average Bonchev–Trinajstić information content (AvgIpc) is 2.63. The number of benzene rings is 1. The van der Waals surface area contributed by atoms with Crippen molar-refractivity contribution in [1.82, 2.24) is 9.80 Å². The van der Waals surface area contributed by atoms with Gasteiger partial charge in [0.25, 0.3) is 0 Å². The zero-order valence-electron chi connectivity index (χ0n) is 15.5. The van der Waals surface area contributed by atoms with Crippen LogP contribution in [-0.2, 0) is 0 Å². The number of rotatable bonds is 2. The Labute approximate surface area is 165 Å². The van der Waals surface area contributed by atoms with Crippen molar-refractivity contribution in [3.63, 3.8) is 0 Å². The van der Waals surface area contributed by atoms with Crippen LogP contribution in [0.1, 0.15) is 32.1 Å². The van der Waals surface area contributed by atoms with E-state index < -0.39 is 11.6 Å². The van der Waals surface area contributed by atoms with Gasteiger partial charge in [0.2, 0.25) is 0 Å². The smallest absolute Gasteiger partial charge is 0.173 e. The molecule has 5 aliphatic rings. The Morgan fingerprint density at radius 2 is 1.56 bits per heavy atom. The van der Waals surface area contributed by atoms with E-state index in [1.165, 1.54) is 44.2 Å². The van der Waals surface area contributed by atoms with Crippen LogP contribution in [0.3, 0.4) is 0 Å². The number of nitrogens with one attached hydrogen (secondary N) is 1. The molecule has 3 nitrogen and oxygen atoms in total. The summed E-state index contributed by atoms with van der Waals surface area (Å²) in [6, 6.07) is 4.31. The van der Waals surface area contributed by atoms with Gasteiger partial charge in [0, 0.05) is 38.3 Å². The first-order valence-electron chi connectivity index (χ1n) is 10.3. The van der Waals surface area contributed by atoms with Crippen LogP contribution in [0.25, 0.3) is 0 Å². The highest BCUT2D eigenvalue weighted by Crippen LogP contribution is 2.55. The minimum absolute atomic E-state index is 0.241. The normalized spacial score (nSPS) is 35.5. The number of nitrogens with zero attached hydrogens (tertiary/aromatic N) is 2. The van der Waals surface area contributed by atoms with Gasteiger partial charge in [-0.15, -0.1) is 0 Å². The minimum Gasteiger partial charge on any atom is -0.346 e. The number of thiocarbonyl (C=S) groups is 1. The third-order valence-electron chi connectivity index (χ3n) is 7.37. The lowest BCUT2D eigenvalue weighted by Gasteiger charge is -2.58. The maximum Gasteiger partial charge on any atom is 0.173 e. The van der Waals surface area contributed by atoms with Crippen molar-refractivity contribution in [3.8, 4) is 0 Å². The molecule has 1 saturated heterocycles. The van der Waals surface area contributed by atoms with E-state index in [1.807, 2.05) is 0 Å². The van der Waals surface area contributed by atoms with Gasteiger partial charge >= 0.3 is 0 Å². The second-order valence-corrected chi connectivity index (χ2v) is 9.39. The summed E-state index contributed by atoms with van der Waals surface area (Å²) in [4.78, 5) is 4.83. The van der Waals surface area contributed by atoms with E-state index in [1.54, 1.807) is 0 Å². The fourth-order valence-corrected chi connectivity index (χ4v) is 6.79. The molecule has 1 aromatic carbocycles. The second kappa shape index (κ2) is 6.96. The molecule has 1 aliphatic heterocycles. The van der Waals surface area contributed by atoms with E-state index in [-0.39, 0.29) is 5.69 Å². The maximum absolute atomic E-state index is 13.9. The molecule has 0 amide bonds. The summed E-state index contributed by atoms with van der Waals surface area (Å²) in [6.07, 6.45) is 7.28. The molecule has 0 spiro atoms. The van der Waals surface area contributed by atoms with Crippen LogP contribution in [0.15, 0.2) is 18.2 Å². The number of halogens is 2. The van der Waals surface area contributed by atoms with Crippen molar-refractivity contribution in [2.75, 3.05) is 31.5 Å². The number of piperazine rings is 1. The van der Waals surface area contributed by atoms with Gasteiger partial charge in [0.05, 0.1) is 5.69 Å². The van der Waals surface area contributed by atoms with E-state index in [4.69, 9.17) is 12.2 Å². The van der Waals surface area contributed by atoms with E-state index >= 15 is 0 Å². The summed E-state index contributed by atoms with van der Waals surface area (Å²) < 4.78 is 26.9. The van der Waals surface area contributed by atoms with E-state index in [0.717, 1.165) is 62.0 Å². The molecule has 0 aromatic heterocycles. The van der Waals surface area contributed by atoms with Crippen LogP contribution in [0, 0.1) is 35.3 Å². The van der Waals surface area contributed by atoms with Crippen molar-refractivity contribution < 1.29 is 8.78 Å². The van der Waals surface area contributed by atoms with E-state index in [0.29, 0.717) is 5.11 Å². The summed E-state index contributed by atoms with van der Waals surface area (Å²) in [7, 11) is 0.